The van der Waals surface area contributed by atoms with Crippen LogP contribution in [0.2, 0.25) is 0 Å². The number of rotatable bonds is 6. The number of nitrogens with zero attached hydrogens (tertiary/aromatic N) is 3. The first kappa shape index (κ1) is 19.9. The number of aromatic nitrogens is 2. The Hall–Kier alpha value is -2.38. The molecule has 0 radical (unpaired) electrons. The number of carbonyl (C=O) groups excluding carboxylic acids is 1. The third kappa shape index (κ3) is 3.89. The molecule has 2 aromatic heterocycles. The molecule has 1 amide bonds. The number of hydrogen-bond acceptors (Lipinski definition) is 5. The van der Waals surface area contributed by atoms with Crippen LogP contribution in [0, 0.1) is 0 Å². The number of thioether (sulfide) groups is 1. The summed E-state index contributed by atoms with van der Waals surface area (Å²) in [5.74, 6) is 0.288. The average Bonchev–Trinajstić information content (AvgIpc) is 3.22. The third-order valence-electron chi connectivity index (χ3n) is 5.37. The summed E-state index contributed by atoms with van der Waals surface area (Å²) in [6, 6.07) is 10.3. The van der Waals surface area contributed by atoms with Crippen molar-refractivity contribution in [1.82, 2.24) is 14.5 Å². The SMILES string of the molecule is C=CCn1c(SCC(=O)N(C)[C@@H]2CCCc3ccccc32)nc2ccsc2c1=O. The Morgan fingerprint density at radius 2 is 2.24 bits per heavy atom. The Kier molecular flexibility index (Phi) is 5.87. The van der Waals surface area contributed by atoms with Crippen LogP contribution in [-0.4, -0.2) is 33.2 Å². The molecule has 0 spiro atoms. The van der Waals surface area contributed by atoms with Gasteiger partial charge in [0.05, 0.1) is 17.3 Å². The second-order valence-corrected chi connectivity index (χ2v) is 8.99. The molecule has 0 saturated heterocycles. The van der Waals surface area contributed by atoms with Crippen molar-refractivity contribution in [1.29, 1.82) is 0 Å². The van der Waals surface area contributed by atoms with Gasteiger partial charge in [0, 0.05) is 13.6 Å². The molecule has 0 aliphatic heterocycles. The van der Waals surface area contributed by atoms with Crippen LogP contribution in [0.15, 0.2) is 58.3 Å². The lowest BCUT2D eigenvalue weighted by Gasteiger charge is -2.33. The average molecular weight is 426 g/mol. The molecule has 0 unspecified atom stereocenters. The second-order valence-electron chi connectivity index (χ2n) is 7.13. The van der Waals surface area contributed by atoms with Crippen LogP contribution in [0.3, 0.4) is 0 Å². The van der Waals surface area contributed by atoms with Crippen LogP contribution >= 0.6 is 23.1 Å². The number of amides is 1. The van der Waals surface area contributed by atoms with Crippen LogP contribution in [0.1, 0.15) is 30.0 Å². The largest absolute Gasteiger partial charge is 0.338 e. The van der Waals surface area contributed by atoms with E-state index in [9.17, 15) is 9.59 Å². The summed E-state index contributed by atoms with van der Waals surface area (Å²) in [5.41, 5.74) is 3.20. The normalized spacial score (nSPS) is 15.8. The van der Waals surface area contributed by atoms with Crippen LogP contribution in [-0.2, 0) is 17.8 Å². The predicted molar refractivity (Wildman–Crippen MR) is 120 cm³/mol. The van der Waals surface area contributed by atoms with E-state index >= 15 is 0 Å². The van der Waals surface area contributed by atoms with Gasteiger partial charge in [-0.15, -0.1) is 17.9 Å². The molecule has 1 aromatic carbocycles. The summed E-state index contributed by atoms with van der Waals surface area (Å²) in [7, 11) is 1.88. The minimum Gasteiger partial charge on any atom is -0.338 e. The summed E-state index contributed by atoms with van der Waals surface area (Å²) in [5, 5.41) is 2.43. The minimum absolute atomic E-state index is 0.0431. The number of carbonyl (C=O) groups is 1. The van der Waals surface area contributed by atoms with E-state index in [0.29, 0.717) is 21.9 Å². The number of allylic oxidation sites excluding steroid dienone is 1. The lowest BCUT2D eigenvalue weighted by Crippen LogP contribution is -2.34. The van der Waals surface area contributed by atoms with Crippen LogP contribution < -0.4 is 5.56 Å². The third-order valence-corrected chi connectivity index (χ3v) is 7.22. The van der Waals surface area contributed by atoms with Gasteiger partial charge in [0.2, 0.25) is 5.91 Å². The molecular weight excluding hydrogens is 402 g/mol. The maximum Gasteiger partial charge on any atom is 0.272 e. The van der Waals surface area contributed by atoms with Gasteiger partial charge in [0.15, 0.2) is 5.16 Å². The number of thiophene rings is 1. The van der Waals surface area contributed by atoms with Crippen molar-refractivity contribution in [3.8, 4) is 0 Å². The number of aryl methyl sites for hydroxylation is 1. The quantitative estimate of drug-likeness (QED) is 0.336. The Morgan fingerprint density at radius 3 is 3.07 bits per heavy atom. The minimum atomic E-state index is -0.0746. The van der Waals surface area contributed by atoms with E-state index < -0.39 is 0 Å². The van der Waals surface area contributed by atoms with Crippen molar-refractivity contribution in [2.75, 3.05) is 12.8 Å². The molecule has 1 aliphatic carbocycles. The van der Waals surface area contributed by atoms with E-state index in [1.165, 1.54) is 34.2 Å². The molecular formula is C22H23N3O2S2. The predicted octanol–water partition coefficient (Wildman–Crippen LogP) is 4.27. The molecule has 0 N–H and O–H groups in total. The van der Waals surface area contributed by atoms with E-state index in [4.69, 9.17) is 0 Å². The van der Waals surface area contributed by atoms with E-state index in [0.717, 1.165) is 19.3 Å². The summed E-state index contributed by atoms with van der Waals surface area (Å²) >= 11 is 2.71. The molecule has 5 nitrogen and oxygen atoms in total. The standard InChI is InChI=1S/C22H23N3O2S2/c1-3-12-25-21(27)20-17(11-13-28-20)23-22(25)29-14-19(26)24(2)18-10-6-8-15-7-4-5-9-16(15)18/h3-5,7,9,11,13,18H,1,6,8,10,12,14H2,2H3/t18-/m1/s1. The number of fused-ring (bicyclic) bond motifs is 2. The van der Waals surface area contributed by atoms with Crippen LogP contribution in [0.25, 0.3) is 10.2 Å². The molecule has 150 valence electrons. The highest BCUT2D eigenvalue weighted by atomic mass is 32.2. The summed E-state index contributed by atoms with van der Waals surface area (Å²) in [6.07, 6.45) is 4.81. The number of benzene rings is 1. The molecule has 7 heteroatoms. The van der Waals surface area contributed by atoms with E-state index in [-0.39, 0.29) is 23.3 Å². The monoisotopic (exact) mass is 425 g/mol. The van der Waals surface area contributed by atoms with E-state index in [1.807, 2.05) is 29.5 Å². The second kappa shape index (κ2) is 8.55. The lowest BCUT2D eigenvalue weighted by molar-refractivity contribution is -0.129. The first-order chi connectivity index (χ1) is 14.1. The Labute approximate surface area is 178 Å². The molecule has 1 atom stereocenters. The number of hydrogen-bond donors (Lipinski definition) is 0. The molecule has 29 heavy (non-hydrogen) atoms. The highest BCUT2D eigenvalue weighted by molar-refractivity contribution is 7.99. The fourth-order valence-electron chi connectivity index (χ4n) is 3.86. The van der Waals surface area contributed by atoms with Gasteiger partial charge in [-0.05, 0) is 41.8 Å². The summed E-state index contributed by atoms with van der Waals surface area (Å²) < 4.78 is 2.23. The van der Waals surface area contributed by atoms with Crippen molar-refractivity contribution < 1.29 is 4.79 Å². The van der Waals surface area contributed by atoms with Crippen molar-refractivity contribution in [3.05, 3.63) is 69.8 Å². The first-order valence-electron chi connectivity index (χ1n) is 9.65. The summed E-state index contributed by atoms with van der Waals surface area (Å²) in [6.45, 7) is 4.12. The maximum atomic E-state index is 13.0. The zero-order valence-corrected chi connectivity index (χ0v) is 18.0. The fraction of sp³-hybridized carbons (Fsp3) is 0.318. The van der Waals surface area contributed by atoms with Gasteiger partial charge in [-0.1, -0.05) is 42.1 Å². The first-order valence-corrected chi connectivity index (χ1v) is 11.5. The molecule has 1 aliphatic rings. The molecule has 0 saturated carbocycles. The highest BCUT2D eigenvalue weighted by Gasteiger charge is 2.26. The molecule has 3 aromatic rings. The fourth-order valence-corrected chi connectivity index (χ4v) is 5.57. The topological polar surface area (TPSA) is 55.2 Å². The van der Waals surface area contributed by atoms with Crippen molar-refractivity contribution in [3.63, 3.8) is 0 Å². The van der Waals surface area contributed by atoms with Gasteiger partial charge in [-0.2, -0.15) is 0 Å². The maximum absolute atomic E-state index is 13.0. The van der Waals surface area contributed by atoms with Gasteiger partial charge in [0.25, 0.3) is 5.56 Å². The Morgan fingerprint density at radius 1 is 1.41 bits per heavy atom. The lowest BCUT2D eigenvalue weighted by atomic mass is 9.87. The van der Waals surface area contributed by atoms with Crippen LogP contribution in [0.4, 0.5) is 0 Å². The molecule has 0 fully saturated rings. The van der Waals surface area contributed by atoms with Crippen LogP contribution in [0.5, 0.6) is 0 Å². The highest BCUT2D eigenvalue weighted by Crippen LogP contribution is 2.34. The van der Waals surface area contributed by atoms with Crippen molar-refractivity contribution in [2.24, 2.45) is 0 Å². The van der Waals surface area contributed by atoms with Gasteiger partial charge in [-0.3, -0.25) is 14.2 Å². The van der Waals surface area contributed by atoms with Gasteiger partial charge >= 0.3 is 0 Å². The van der Waals surface area contributed by atoms with Gasteiger partial charge in [0.1, 0.15) is 4.70 Å². The van der Waals surface area contributed by atoms with E-state index in [1.54, 1.807) is 10.6 Å². The summed E-state index contributed by atoms with van der Waals surface area (Å²) in [4.78, 5) is 32.2. The molecule has 0 bridgehead atoms. The van der Waals surface area contributed by atoms with Gasteiger partial charge in [-0.25, -0.2) is 4.98 Å². The van der Waals surface area contributed by atoms with E-state index in [2.05, 4.69) is 29.8 Å². The van der Waals surface area contributed by atoms with Gasteiger partial charge < -0.3 is 4.90 Å². The molecule has 4 rings (SSSR count). The Bertz CT molecular complexity index is 1120. The zero-order valence-electron chi connectivity index (χ0n) is 16.3. The zero-order chi connectivity index (χ0) is 20.4. The van der Waals surface area contributed by atoms with Crippen molar-refractivity contribution >= 4 is 39.2 Å². The smallest absolute Gasteiger partial charge is 0.272 e. The Balaban J connectivity index is 1.54. The van der Waals surface area contributed by atoms with Crippen molar-refractivity contribution in [2.45, 2.75) is 37.0 Å². The molecule has 2 heterocycles.